The number of pyridine rings is 1. The predicted octanol–water partition coefficient (Wildman–Crippen LogP) is 2.94. The number of benzene rings is 1. The Morgan fingerprint density at radius 3 is 2.67 bits per heavy atom. The molecule has 0 unspecified atom stereocenters. The highest BCUT2D eigenvalue weighted by atomic mass is 35.5. The number of likely N-dealkylation sites (N-methyl/N-ethyl adjacent to an activating group) is 1. The summed E-state index contributed by atoms with van der Waals surface area (Å²) in [5, 5.41) is 4.02. The summed E-state index contributed by atoms with van der Waals surface area (Å²) in [5.41, 5.74) is 0.202. The molecule has 4 aliphatic heterocycles. The number of hydrogen-bond donors (Lipinski definition) is 1. The van der Waals surface area contributed by atoms with Gasteiger partial charge in [0, 0.05) is 77.4 Å². The van der Waals surface area contributed by atoms with E-state index < -0.39 is 35.5 Å². The minimum Gasteiger partial charge on any atom is -0.367 e. The van der Waals surface area contributed by atoms with Gasteiger partial charge >= 0.3 is 6.18 Å². The molecule has 2 atom stereocenters. The molecule has 0 bridgehead atoms. The summed E-state index contributed by atoms with van der Waals surface area (Å²) in [4.78, 5) is 52.6. The lowest BCUT2D eigenvalue weighted by Gasteiger charge is -2.55. The average Bonchev–Trinajstić information content (AvgIpc) is 3.30. The first kappa shape index (κ1) is 31.3. The van der Waals surface area contributed by atoms with E-state index in [0.29, 0.717) is 49.1 Å². The first-order chi connectivity index (χ1) is 21.3. The van der Waals surface area contributed by atoms with Crippen molar-refractivity contribution in [3.05, 3.63) is 59.3 Å². The third kappa shape index (κ3) is 5.77. The zero-order valence-electron chi connectivity index (χ0n) is 25.1. The van der Waals surface area contributed by atoms with E-state index in [1.165, 1.54) is 17.9 Å². The molecule has 1 aromatic carbocycles. The Hall–Kier alpha value is -3.68. The maximum atomic E-state index is 14.0. The van der Waals surface area contributed by atoms with Gasteiger partial charge in [0.25, 0.3) is 0 Å². The van der Waals surface area contributed by atoms with Crippen molar-refractivity contribution in [1.29, 1.82) is 0 Å². The Balaban J connectivity index is 1.28. The monoisotopic (exact) mass is 645 g/mol. The molecule has 3 saturated heterocycles. The van der Waals surface area contributed by atoms with Crippen molar-refractivity contribution in [3.63, 3.8) is 0 Å². The highest BCUT2D eigenvalue weighted by Crippen LogP contribution is 2.43. The number of aryl methyl sites for hydroxylation is 1. The standard InChI is InChI=1S/C31H35ClF3N7O3/c1-4-25(43)41-17-30(18-41)16-39(9-8-36-30)10-11-40-15-20-13-26(44)42(24-14-21(31(33,34)35)12-19(2)37-24)27(20)29(45)38(3)23-7-5-6-22(32)28(23)40/h4-7,12,14,20,27,36H,1,8-11,13,15-18H2,2-3H3/t20-,27+/m1/s1. The van der Waals surface area contributed by atoms with Crippen molar-refractivity contribution in [1.82, 2.24) is 20.1 Å². The Morgan fingerprint density at radius 2 is 1.96 bits per heavy atom. The number of amides is 3. The van der Waals surface area contributed by atoms with E-state index in [2.05, 4.69) is 26.7 Å². The van der Waals surface area contributed by atoms with Crippen molar-refractivity contribution >= 4 is 46.5 Å². The van der Waals surface area contributed by atoms with E-state index in [4.69, 9.17) is 11.6 Å². The topological polar surface area (TPSA) is 92.3 Å². The summed E-state index contributed by atoms with van der Waals surface area (Å²) in [5.74, 6) is -1.67. The Labute approximate surface area is 264 Å². The van der Waals surface area contributed by atoms with Gasteiger partial charge in [-0.25, -0.2) is 4.98 Å². The third-order valence-electron chi connectivity index (χ3n) is 9.24. The molecule has 10 nitrogen and oxygen atoms in total. The van der Waals surface area contributed by atoms with Crippen LogP contribution < -0.4 is 20.0 Å². The van der Waals surface area contributed by atoms with Gasteiger partial charge in [-0.2, -0.15) is 13.2 Å². The Bertz CT molecular complexity index is 1550. The van der Waals surface area contributed by atoms with Crippen LogP contribution in [0.25, 0.3) is 0 Å². The second kappa shape index (κ2) is 11.6. The molecule has 0 saturated carbocycles. The third-order valence-corrected chi connectivity index (χ3v) is 9.54. The van der Waals surface area contributed by atoms with Crippen molar-refractivity contribution in [2.45, 2.75) is 31.1 Å². The number of alkyl halides is 3. The van der Waals surface area contributed by atoms with E-state index in [1.54, 1.807) is 30.1 Å². The molecular formula is C31H35ClF3N7O3. The summed E-state index contributed by atoms with van der Waals surface area (Å²) < 4.78 is 41.1. The molecule has 0 radical (unpaired) electrons. The Kier molecular flexibility index (Phi) is 8.07. The predicted molar refractivity (Wildman–Crippen MR) is 164 cm³/mol. The van der Waals surface area contributed by atoms with Gasteiger partial charge in [-0.05, 0) is 37.3 Å². The number of nitrogens with one attached hydrogen (secondary N) is 1. The molecule has 1 N–H and O–H groups in total. The molecule has 45 heavy (non-hydrogen) atoms. The largest absolute Gasteiger partial charge is 0.416 e. The number of nitrogens with zero attached hydrogens (tertiary/aromatic N) is 6. The number of halogens is 4. The van der Waals surface area contributed by atoms with Crippen LogP contribution >= 0.6 is 11.6 Å². The van der Waals surface area contributed by atoms with Crippen LogP contribution in [0.4, 0.5) is 30.4 Å². The maximum Gasteiger partial charge on any atom is 0.416 e. The van der Waals surface area contributed by atoms with Gasteiger partial charge in [-0.1, -0.05) is 24.2 Å². The number of piperazine rings is 1. The van der Waals surface area contributed by atoms with Crippen molar-refractivity contribution < 1.29 is 27.6 Å². The molecule has 4 aliphatic rings. The molecule has 1 spiro atoms. The number of carbonyl (C=O) groups is 3. The SMILES string of the molecule is C=CC(=O)N1CC2(CN(CCN3C[C@H]4CC(=O)N(c5cc(C(F)(F)F)cc(C)n5)[C@@H]4C(=O)N(C)c4cccc(Cl)c43)CCN2)C1. The number of anilines is 3. The van der Waals surface area contributed by atoms with Crippen LogP contribution in [0.5, 0.6) is 0 Å². The first-order valence-electron chi connectivity index (χ1n) is 14.9. The second-order valence-electron chi connectivity index (χ2n) is 12.4. The quantitative estimate of drug-likeness (QED) is 0.500. The van der Waals surface area contributed by atoms with Crippen LogP contribution in [0.15, 0.2) is 43.0 Å². The highest BCUT2D eigenvalue weighted by molar-refractivity contribution is 6.34. The molecule has 0 aliphatic carbocycles. The van der Waals surface area contributed by atoms with Crippen molar-refractivity contribution in [3.8, 4) is 0 Å². The summed E-state index contributed by atoms with van der Waals surface area (Å²) in [6.07, 6.45) is -3.34. The van der Waals surface area contributed by atoms with Gasteiger partial charge < -0.3 is 20.0 Å². The number of rotatable bonds is 5. The van der Waals surface area contributed by atoms with E-state index in [1.807, 2.05) is 0 Å². The minimum atomic E-state index is -4.64. The number of likely N-dealkylation sites (tertiary alicyclic amines) is 1. The van der Waals surface area contributed by atoms with Crippen LogP contribution in [0.3, 0.4) is 0 Å². The molecule has 3 fully saturated rings. The van der Waals surface area contributed by atoms with Gasteiger partial charge in [0.05, 0.1) is 27.5 Å². The van der Waals surface area contributed by atoms with Crippen LogP contribution in [0, 0.1) is 12.8 Å². The fraction of sp³-hybridized carbons (Fsp3) is 0.484. The summed E-state index contributed by atoms with van der Waals surface area (Å²) in [6.45, 7) is 10.0. The van der Waals surface area contributed by atoms with E-state index in [0.717, 1.165) is 36.7 Å². The van der Waals surface area contributed by atoms with E-state index in [9.17, 15) is 27.6 Å². The van der Waals surface area contributed by atoms with Gasteiger partial charge in [0.2, 0.25) is 17.7 Å². The van der Waals surface area contributed by atoms with Crippen LogP contribution in [0.1, 0.15) is 17.7 Å². The number of carbonyl (C=O) groups excluding carboxylic acids is 3. The number of para-hydroxylation sites is 1. The van der Waals surface area contributed by atoms with Gasteiger partial charge in [-0.15, -0.1) is 0 Å². The van der Waals surface area contributed by atoms with Gasteiger partial charge in [-0.3, -0.25) is 24.2 Å². The minimum absolute atomic E-state index is 0.0264. The summed E-state index contributed by atoms with van der Waals surface area (Å²) >= 11 is 6.76. The van der Waals surface area contributed by atoms with Crippen molar-refractivity contribution in [2.75, 3.05) is 74.1 Å². The smallest absolute Gasteiger partial charge is 0.367 e. The first-order valence-corrected chi connectivity index (χ1v) is 15.3. The summed E-state index contributed by atoms with van der Waals surface area (Å²) in [6, 6.07) is 5.99. The maximum absolute atomic E-state index is 14.0. The molecule has 3 amide bonds. The Morgan fingerprint density at radius 1 is 1.20 bits per heavy atom. The molecule has 240 valence electrons. The lowest BCUT2D eigenvalue weighted by Crippen LogP contribution is -2.76. The van der Waals surface area contributed by atoms with Gasteiger partial charge in [0.1, 0.15) is 11.9 Å². The zero-order chi connectivity index (χ0) is 32.3. The average molecular weight is 646 g/mol. The fourth-order valence-corrected chi connectivity index (χ4v) is 7.43. The molecule has 14 heteroatoms. The molecule has 1 aromatic heterocycles. The highest BCUT2D eigenvalue weighted by Gasteiger charge is 2.50. The number of fused-ring (bicyclic) bond motifs is 2. The lowest BCUT2D eigenvalue weighted by molar-refractivity contribution is -0.138. The van der Waals surface area contributed by atoms with Crippen LogP contribution in [-0.4, -0.2) is 103 Å². The number of aromatic nitrogens is 1. The normalized spacial score (nSPS) is 23.4. The van der Waals surface area contributed by atoms with E-state index in [-0.39, 0.29) is 29.4 Å². The van der Waals surface area contributed by atoms with Crippen LogP contribution in [0.2, 0.25) is 5.02 Å². The van der Waals surface area contributed by atoms with Gasteiger partial charge in [0.15, 0.2) is 0 Å². The molecule has 6 rings (SSSR count). The fourth-order valence-electron chi connectivity index (χ4n) is 7.14. The summed E-state index contributed by atoms with van der Waals surface area (Å²) in [7, 11) is 1.59. The lowest BCUT2D eigenvalue weighted by atomic mass is 9.87. The van der Waals surface area contributed by atoms with Crippen molar-refractivity contribution in [2.24, 2.45) is 5.92 Å². The molecular weight excluding hydrogens is 611 g/mol. The zero-order valence-corrected chi connectivity index (χ0v) is 25.9. The molecule has 5 heterocycles. The second-order valence-corrected chi connectivity index (χ2v) is 12.8. The van der Waals surface area contributed by atoms with Crippen LogP contribution in [-0.2, 0) is 20.6 Å². The molecule has 2 aromatic rings. The van der Waals surface area contributed by atoms with E-state index >= 15 is 0 Å². The number of hydrogen-bond acceptors (Lipinski definition) is 7.